The van der Waals surface area contributed by atoms with E-state index in [9.17, 15) is 0 Å². The van der Waals surface area contributed by atoms with Gasteiger partial charge < -0.3 is 14.8 Å². The molecule has 0 amide bonds. The van der Waals surface area contributed by atoms with Gasteiger partial charge in [-0.25, -0.2) is 0 Å². The van der Waals surface area contributed by atoms with E-state index in [4.69, 9.17) is 9.47 Å². The van der Waals surface area contributed by atoms with Crippen molar-refractivity contribution in [2.75, 3.05) is 13.2 Å². The molecule has 0 saturated heterocycles. The van der Waals surface area contributed by atoms with Crippen molar-refractivity contribution in [2.45, 2.75) is 6.04 Å². The van der Waals surface area contributed by atoms with Crippen molar-refractivity contribution < 1.29 is 9.47 Å². The summed E-state index contributed by atoms with van der Waals surface area (Å²) < 4.78 is 10.4. The second kappa shape index (κ2) is 4.62. The molecular weight excluding hydrogens is 180 g/mol. The Hall–Kier alpha value is -1.55. The van der Waals surface area contributed by atoms with Crippen molar-refractivity contribution in [3.63, 3.8) is 0 Å². The highest BCUT2D eigenvalue weighted by Crippen LogP contribution is 2.09. The molecule has 14 heavy (non-hydrogen) atoms. The number of nitrogens with one attached hydrogen (secondary N) is 1. The van der Waals surface area contributed by atoms with Crippen LogP contribution in [0, 0.1) is 0 Å². The fraction of sp³-hybridized carbons (Fsp3) is 0.300. The molecule has 74 valence electrons. The third-order valence-corrected chi connectivity index (χ3v) is 1.95. The van der Waals surface area contributed by atoms with Crippen LogP contribution < -0.4 is 5.32 Å². The molecule has 1 N–H and O–H groups in total. The van der Waals surface area contributed by atoms with Gasteiger partial charge in [-0.2, -0.15) is 0 Å². The van der Waals surface area contributed by atoms with Crippen molar-refractivity contribution >= 4 is 6.21 Å². The Morgan fingerprint density at radius 3 is 3.43 bits per heavy atom. The lowest BCUT2D eigenvalue weighted by molar-refractivity contribution is 0.230. The van der Waals surface area contributed by atoms with Crippen molar-refractivity contribution in [1.82, 2.24) is 5.32 Å². The standard InChI is InChI=1S/C10H12N2O2/c1-3-11-9(7-13-5-1)10-8-14-6-2-4-12-10/h1-3,5-7,10,12H,4,8H2. The minimum atomic E-state index is 0.0844. The average Bonchev–Trinajstić information content (AvgIpc) is 2.62. The van der Waals surface area contributed by atoms with E-state index in [1.165, 1.54) is 0 Å². The molecule has 2 aliphatic rings. The molecule has 2 heterocycles. The summed E-state index contributed by atoms with van der Waals surface area (Å²) in [4.78, 5) is 4.24. The Morgan fingerprint density at radius 1 is 1.43 bits per heavy atom. The molecule has 0 radical (unpaired) electrons. The lowest BCUT2D eigenvalue weighted by atomic mass is 10.2. The summed E-state index contributed by atoms with van der Waals surface area (Å²) in [7, 11) is 0. The zero-order valence-corrected chi connectivity index (χ0v) is 7.72. The zero-order chi connectivity index (χ0) is 9.64. The topological polar surface area (TPSA) is 42.9 Å². The van der Waals surface area contributed by atoms with Crippen LogP contribution in [0.15, 0.2) is 41.6 Å². The molecule has 2 rings (SSSR count). The van der Waals surface area contributed by atoms with Gasteiger partial charge in [0.05, 0.1) is 24.3 Å². The lowest BCUT2D eigenvalue weighted by Crippen LogP contribution is -2.33. The van der Waals surface area contributed by atoms with Crippen LogP contribution in [0.3, 0.4) is 0 Å². The van der Waals surface area contributed by atoms with Crippen LogP contribution in [0.5, 0.6) is 0 Å². The van der Waals surface area contributed by atoms with E-state index in [1.807, 2.05) is 6.08 Å². The predicted molar refractivity (Wildman–Crippen MR) is 53.7 cm³/mol. The van der Waals surface area contributed by atoms with Crippen LogP contribution in [0.1, 0.15) is 0 Å². The van der Waals surface area contributed by atoms with E-state index in [0.29, 0.717) is 6.61 Å². The number of nitrogens with zero attached hydrogens (tertiary/aromatic N) is 1. The maximum Gasteiger partial charge on any atom is 0.113 e. The van der Waals surface area contributed by atoms with Gasteiger partial charge in [-0.1, -0.05) is 0 Å². The summed E-state index contributed by atoms with van der Waals surface area (Å²) >= 11 is 0. The molecule has 1 unspecified atom stereocenters. The number of rotatable bonds is 1. The van der Waals surface area contributed by atoms with E-state index >= 15 is 0 Å². The molecule has 4 heteroatoms. The van der Waals surface area contributed by atoms with Gasteiger partial charge >= 0.3 is 0 Å². The molecule has 0 aromatic carbocycles. The lowest BCUT2D eigenvalue weighted by Gasteiger charge is -2.14. The third kappa shape index (κ3) is 2.23. The normalized spacial score (nSPS) is 25.7. The quantitative estimate of drug-likeness (QED) is 0.672. The van der Waals surface area contributed by atoms with Crippen LogP contribution >= 0.6 is 0 Å². The Bertz CT molecular complexity index is 295. The average molecular weight is 192 g/mol. The number of aliphatic imine (C=N–C) groups is 1. The van der Waals surface area contributed by atoms with Crippen molar-refractivity contribution in [3.8, 4) is 0 Å². The molecule has 2 aliphatic heterocycles. The van der Waals surface area contributed by atoms with Crippen molar-refractivity contribution in [1.29, 1.82) is 0 Å². The Labute approximate surface area is 82.6 Å². The minimum Gasteiger partial charge on any atom is -0.499 e. The highest BCUT2D eigenvalue weighted by molar-refractivity contribution is 5.72. The molecule has 0 bridgehead atoms. The van der Waals surface area contributed by atoms with Crippen molar-refractivity contribution in [3.05, 3.63) is 36.6 Å². The molecule has 0 aromatic heterocycles. The first-order valence-corrected chi connectivity index (χ1v) is 4.51. The second-order valence-corrected chi connectivity index (χ2v) is 2.95. The van der Waals surface area contributed by atoms with Gasteiger partial charge in [0.25, 0.3) is 0 Å². The molecule has 4 nitrogen and oxygen atoms in total. The van der Waals surface area contributed by atoms with E-state index in [2.05, 4.69) is 10.3 Å². The van der Waals surface area contributed by atoms with Gasteiger partial charge in [0.1, 0.15) is 12.9 Å². The van der Waals surface area contributed by atoms with E-state index in [0.717, 1.165) is 12.2 Å². The van der Waals surface area contributed by atoms with E-state index < -0.39 is 0 Å². The van der Waals surface area contributed by atoms with Crippen LogP contribution in [0.4, 0.5) is 0 Å². The molecule has 0 aromatic rings. The first-order valence-electron chi connectivity index (χ1n) is 4.51. The first-order chi connectivity index (χ1) is 6.97. The summed E-state index contributed by atoms with van der Waals surface area (Å²) in [5.41, 5.74) is 0.846. The zero-order valence-electron chi connectivity index (χ0n) is 7.72. The van der Waals surface area contributed by atoms with Crippen LogP contribution in [0.2, 0.25) is 0 Å². The molecular formula is C10H12N2O2. The highest BCUT2D eigenvalue weighted by Gasteiger charge is 2.15. The first kappa shape index (κ1) is 9.02. The van der Waals surface area contributed by atoms with Gasteiger partial charge in [-0.3, -0.25) is 4.99 Å². The summed E-state index contributed by atoms with van der Waals surface area (Å²) in [6.45, 7) is 1.36. The Morgan fingerprint density at radius 2 is 2.43 bits per heavy atom. The predicted octanol–water partition coefficient (Wildman–Crippen LogP) is 0.945. The van der Waals surface area contributed by atoms with Gasteiger partial charge in [0.2, 0.25) is 0 Å². The van der Waals surface area contributed by atoms with Crippen LogP contribution in [-0.4, -0.2) is 25.4 Å². The largest absolute Gasteiger partial charge is 0.499 e. The monoisotopic (exact) mass is 192 g/mol. The highest BCUT2D eigenvalue weighted by atomic mass is 16.5. The molecule has 1 atom stereocenters. The molecule has 0 saturated carbocycles. The van der Waals surface area contributed by atoms with Crippen molar-refractivity contribution in [2.24, 2.45) is 4.99 Å². The molecule has 0 spiro atoms. The smallest absolute Gasteiger partial charge is 0.113 e. The number of ether oxygens (including phenoxy) is 2. The van der Waals surface area contributed by atoms with Gasteiger partial charge in [-0.15, -0.1) is 0 Å². The summed E-state index contributed by atoms with van der Waals surface area (Å²) in [6, 6.07) is 0.0844. The fourth-order valence-electron chi connectivity index (χ4n) is 1.25. The van der Waals surface area contributed by atoms with E-state index in [-0.39, 0.29) is 6.04 Å². The Balaban J connectivity index is 2.03. The van der Waals surface area contributed by atoms with Gasteiger partial charge in [0.15, 0.2) is 0 Å². The minimum absolute atomic E-state index is 0.0844. The van der Waals surface area contributed by atoms with Gasteiger partial charge in [0, 0.05) is 12.8 Å². The van der Waals surface area contributed by atoms with Crippen LogP contribution in [-0.2, 0) is 9.47 Å². The number of hydrogen-bond donors (Lipinski definition) is 1. The fourth-order valence-corrected chi connectivity index (χ4v) is 1.25. The van der Waals surface area contributed by atoms with Gasteiger partial charge in [-0.05, 0) is 12.2 Å². The molecule has 0 aliphatic carbocycles. The number of hydrogen-bond acceptors (Lipinski definition) is 4. The summed E-state index contributed by atoms with van der Waals surface area (Å²) in [6.07, 6.45) is 10.3. The third-order valence-electron chi connectivity index (χ3n) is 1.95. The Kier molecular flexibility index (Phi) is 2.98. The number of allylic oxidation sites excluding steroid dienone is 1. The van der Waals surface area contributed by atoms with E-state index in [1.54, 1.807) is 31.1 Å². The summed E-state index contributed by atoms with van der Waals surface area (Å²) in [5.74, 6) is 0. The maximum atomic E-state index is 5.27. The SMILES string of the molecule is C1=COC=C(C2COC=CCN2)N=C1. The molecule has 0 fully saturated rings. The van der Waals surface area contributed by atoms with Crippen LogP contribution in [0.25, 0.3) is 0 Å². The summed E-state index contributed by atoms with van der Waals surface area (Å²) in [5, 5.41) is 3.28. The maximum absolute atomic E-state index is 5.27. The second-order valence-electron chi connectivity index (χ2n) is 2.95.